The molecule has 3 aliphatic rings. The van der Waals surface area contributed by atoms with E-state index < -0.39 is 0 Å². The van der Waals surface area contributed by atoms with Crippen LogP contribution in [0.1, 0.15) is 40.0 Å². The molecule has 1 spiro atoms. The molecule has 88 valence electrons. The standard InChI is InChI=1S/C13H18O3/c1-7-4-9-12(2,3)8-6-13(9,5-7)11(15)16-10(8)14/h7-9H,4-6H2,1-3H3/t7-,8+,9-,13+/m0/s1. The largest absolute Gasteiger partial charge is 0.392 e. The SMILES string of the molecule is C[C@H]1C[C@H]2C(C)(C)[C@@H]3C[C@@]2(C1)C(=O)OC3=O. The van der Waals surface area contributed by atoms with Gasteiger partial charge in [-0.2, -0.15) is 0 Å². The van der Waals surface area contributed by atoms with Gasteiger partial charge in [0.15, 0.2) is 0 Å². The normalized spacial score (nSPS) is 49.1. The number of fused-ring (bicyclic) bond motifs is 1. The maximum Gasteiger partial charge on any atom is 0.320 e. The van der Waals surface area contributed by atoms with Gasteiger partial charge in [0.1, 0.15) is 0 Å². The van der Waals surface area contributed by atoms with Gasteiger partial charge in [0.2, 0.25) is 0 Å². The summed E-state index contributed by atoms with van der Waals surface area (Å²) in [6, 6.07) is 0. The molecule has 2 aliphatic carbocycles. The molecule has 1 heterocycles. The van der Waals surface area contributed by atoms with Crippen molar-refractivity contribution in [3.63, 3.8) is 0 Å². The summed E-state index contributed by atoms with van der Waals surface area (Å²) >= 11 is 0. The van der Waals surface area contributed by atoms with E-state index >= 15 is 0 Å². The van der Waals surface area contributed by atoms with Crippen LogP contribution in [0.5, 0.6) is 0 Å². The van der Waals surface area contributed by atoms with Crippen LogP contribution in [0.4, 0.5) is 0 Å². The lowest BCUT2D eigenvalue weighted by Crippen LogP contribution is -2.39. The van der Waals surface area contributed by atoms with Crippen LogP contribution >= 0.6 is 0 Å². The van der Waals surface area contributed by atoms with Gasteiger partial charge in [0.05, 0.1) is 11.3 Å². The summed E-state index contributed by atoms with van der Waals surface area (Å²) in [5.41, 5.74) is -0.407. The third-order valence-electron chi connectivity index (χ3n) is 5.27. The minimum Gasteiger partial charge on any atom is -0.392 e. The van der Waals surface area contributed by atoms with Crippen molar-refractivity contribution in [2.24, 2.45) is 28.6 Å². The smallest absolute Gasteiger partial charge is 0.320 e. The van der Waals surface area contributed by atoms with E-state index in [1.807, 2.05) is 0 Å². The number of esters is 2. The predicted octanol–water partition coefficient (Wildman–Crippen LogP) is 2.15. The molecule has 0 radical (unpaired) electrons. The molecule has 4 atom stereocenters. The van der Waals surface area contributed by atoms with Gasteiger partial charge in [-0.3, -0.25) is 9.59 Å². The molecule has 3 nitrogen and oxygen atoms in total. The van der Waals surface area contributed by atoms with Crippen molar-refractivity contribution >= 4 is 11.9 Å². The van der Waals surface area contributed by atoms with Crippen molar-refractivity contribution in [1.29, 1.82) is 0 Å². The first kappa shape index (κ1) is 10.3. The first-order valence-corrected chi connectivity index (χ1v) is 6.14. The van der Waals surface area contributed by atoms with Crippen molar-refractivity contribution in [3.8, 4) is 0 Å². The number of carbonyl (C=O) groups excluding carboxylic acids is 2. The number of ether oxygens (including phenoxy) is 1. The van der Waals surface area contributed by atoms with E-state index in [2.05, 4.69) is 20.8 Å². The minimum absolute atomic E-state index is 0.0669. The highest BCUT2D eigenvalue weighted by atomic mass is 16.6. The lowest BCUT2D eigenvalue weighted by molar-refractivity contribution is -0.175. The first-order chi connectivity index (χ1) is 7.38. The summed E-state index contributed by atoms with van der Waals surface area (Å²) in [4.78, 5) is 23.8. The van der Waals surface area contributed by atoms with Crippen LogP contribution in [-0.2, 0) is 14.3 Å². The molecule has 3 rings (SSSR count). The van der Waals surface area contributed by atoms with Crippen LogP contribution in [0, 0.1) is 28.6 Å². The fourth-order valence-electron chi connectivity index (χ4n) is 4.55. The average molecular weight is 222 g/mol. The molecule has 1 saturated heterocycles. The van der Waals surface area contributed by atoms with Crippen molar-refractivity contribution in [2.75, 3.05) is 0 Å². The molecular weight excluding hydrogens is 204 g/mol. The zero-order valence-electron chi connectivity index (χ0n) is 10.1. The number of carbonyl (C=O) groups is 2. The minimum atomic E-state index is -0.332. The Bertz CT molecular complexity index is 385. The Hall–Kier alpha value is -0.860. The monoisotopic (exact) mass is 222 g/mol. The van der Waals surface area contributed by atoms with Gasteiger partial charge in [-0.05, 0) is 36.5 Å². The summed E-state index contributed by atoms with van der Waals surface area (Å²) in [6.45, 7) is 6.45. The van der Waals surface area contributed by atoms with Gasteiger partial charge in [-0.15, -0.1) is 0 Å². The van der Waals surface area contributed by atoms with E-state index in [-0.39, 0.29) is 28.7 Å². The zero-order valence-corrected chi connectivity index (χ0v) is 10.1. The molecular formula is C13H18O3. The molecule has 16 heavy (non-hydrogen) atoms. The van der Waals surface area contributed by atoms with Gasteiger partial charge in [-0.25, -0.2) is 0 Å². The van der Waals surface area contributed by atoms with Gasteiger partial charge in [-0.1, -0.05) is 20.8 Å². The molecule has 2 bridgehead atoms. The summed E-state index contributed by atoms with van der Waals surface area (Å²) in [5.74, 6) is 0.309. The highest BCUT2D eigenvalue weighted by Crippen LogP contribution is 2.68. The first-order valence-electron chi connectivity index (χ1n) is 6.14. The molecule has 3 fully saturated rings. The summed E-state index contributed by atoms with van der Waals surface area (Å²) in [7, 11) is 0. The maximum atomic E-state index is 12.1. The lowest BCUT2D eigenvalue weighted by Gasteiger charge is -2.30. The predicted molar refractivity (Wildman–Crippen MR) is 57.3 cm³/mol. The Morgan fingerprint density at radius 3 is 2.62 bits per heavy atom. The van der Waals surface area contributed by atoms with E-state index in [0.717, 1.165) is 19.3 Å². The van der Waals surface area contributed by atoms with Gasteiger partial charge < -0.3 is 4.74 Å². The van der Waals surface area contributed by atoms with Crippen LogP contribution in [0.2, 0.25) is 0 Å². The number of cyclic esters (lactones) is 2. The maximum absolute atomic E-state index is 12.1. The number of hydrogen-bond acceptors (Lipinski definition) is 3. The molecule has 0 unspecified atom stereocenters. The van der Waals surface area contributed by atoms with Crippen molar-refractivity contribution < 1.29 is 14.3 Å². The summed E-state index contributed by atoms with van der Waals surface area (Å²) in [6.07, 6.45) is 2.70. The third kappa shape index (κ3) is 0.950. The van der Waals surface area contributed by atoms with E-state index in [9.17, 15) is 9.59 Å². The van der Waals surface area contributed by atoms with Crippen LogP contribution in [0.25, 0.3) is 0 Å². The third-order valence-corrected chi connectivity index (χ3v) is 5.27. The molecule has 0 aromatic heterocycles. The van der Waals surface area contributed by atoms with Crippen LogP contribution in [0.3, 0.4) is 0 Å². The number of hydrogen-bond donors (Lipinski definition) is 0. The second-order valence-electron chi connectivity index (χ2n) is 6.54. The van der Waals surface area contributed by atoms with Crippen molar-refractivity contribution in [2.45, 2.75) is 40.0 Å². The van der Waals surface area contributed by atoms with Gasteiger partial charge >= 0.3 is 11.9 Å². The van der Waals surface area contributed by atoms with Gasteiger partial charge in [0, 0.05) is 0 Å². The molecule has 0 aromatic rings. The topological polar surface area (TPSA) is 43.4 Å². The van der Waals surface area contributed by atoms with Gasteiger partial charge in [0.25, 0.3) is 0 Å². The average Bonchev–Trinajstić information content (AvgIpc) is 2.58. The summed E-state index contributed by atoms with van der Waals surface area (Å²) < 4.78 is 4.98. The van der Waals surface area contributed by atoms with E-state index in [0.29, 0.717) is 11.8 Å². The molecule has 3 heteroatoms. The van der Waals surface area contributed by atoms with Crippen molar-refractivity contribution in [3.05, 3.63) is 0 Å². The van der Waals surface area contributed by atoms with Crippen LogP contribution < -0.4 is 0 Å². The van der Waals surface area contributed by atoms with Crippen LogP contribution in [-0.4, -0.2) is 11.9 Å². The number of rotatable bonds is 0. The van der Waals surface area contributed by atoms with E-state index in [1.165, 1.54) is 0 Å². The Labute approximate surface area is 95.5 Å². The second kappa shape index (κ2) is 2.69. The fraction of sp³-hybridized carbons (Fsp3) is 0.846. The highest BCUT2D eigenvalue weighted by molar-refractivity contribution is 5.95. The van der Waals surface area contributed by atoms with E-state index in [4.69, 9.17) is 4.74 Å². The second-order valence-corrected chi connectivity index (χ2v) is 6.54. The molecule has 0 amide bonds. The van der Waals surface area contributed by atoms with Crippen molar-refractivity contribution in [1.82, 2.24) is 0 Å². The molecule has 0 aromatic carbocycles. The lowest BCUT2D eigenvalue weighted by atomic mass is 9.71. The van der Waals surface area contributed by atoms with E-state index in [1.54, 1.807) is 0 Å². The Kier molecular flexibility index (Phi) is 1.73. The van der Waals surface area contributed by atoms with Crippen LogP contribution in [0.15, 0.2) is 0 Å². The molecule has 2 saturated carbocycles. The summed E-state index contributed by atoms with van der Waals surface area (Å²) in [5, 5.41) is 0. The molecule has 1 aliphatic heterocycles. The quantitative estimate of drug-likeness (QED) is 0.466. The molecule has 0 N–H and O–H groups in total. The Morgan fingerprint density at radius 2 is 1.94 bits per heavy atom. The fourth-order valence-corrected chi connectivity index (χ4v) is 4.55. The Balaban J connectivity index is 2.12. The zero-order chi connectivity index (χ0) is 11.7. The Morgan fingerprint density at radius 1 is 1.25 bits per heavy atom. The highest BCUT2D eigenvalue weighted by Gasteiger charge is 2.70.